The summed E-state index contributed by atoms with van der Waals surface area (Å²) in [7, 11) is 1.98. The third kappa shape index (κ3) is 4.69. The zero-order chi connectivity index (χ0) is 19.4. The van der Waals surface area contributed by atoms with E-state index in [0.29, 0.717) is 12.3 Å². The van der Waals surface area contributed by atoms with E-state index in [1.165, 1.54) is 16.8 Å². The second-order valence-corrected chi connectivity index (χ2v) is 8.28. The number of aliphatic hydroxyl groups is 1. The number of aryl methyl sites for hydroxylation is 2. The lowest BCUT2D eigenvalue weighted by atomic mass is 9.97. The maximum atomic E-state index is 12.6. The third-order valence-corrected chi connectivity index (χ3v) is 6.06. The minimum absolute atomic E-state index is 0.0285. The van der Waals surface area contributed by atoms with E-state index in [0.717, 1.165) is 44.2 Å². The second-order valence-electron chi connectivity index (χ2n) is 8.28. The SMILES string of the molecule is Cc1ccc(CCCCC(=O)c2ccc(C3CCC(N)(CO)C3)n2C)cc1. The molecule has 2 unspecified atom stereocenters. The highest BCUT2D eigenvalue weighted by Crippen LogP contribution is 2.39. The van der Waals surface area contributed by atoms with Crippen molar-refractivity contribution >= 4 is 5.78 Å². The van der Waals surface area contributed by atoms with E-state index in [9.17, 15) is 9.90 Å². The summed E-state index contributed by atoms with van der Waals surface area (Å²) in [6.45, 7) is 2.13. The molecule has 4 nitrogen and oxygen atoms in total. The van der Waals surface area contributed by atoms with Gasteiger partial charge in [-0.2, -0.15) is 0 Å². The molecule has 1 aliphatic rings. The van der Waals surface area contributed by atoms with Crippen molar-refractivity contribution in [2.45, 2.75) is 63.3 Å². The summed E-state index contributed by atoms with van der Waals surface area (Å²) in [5, 5.41) is 9.48. The second kappa shape index (κ2) is 8.41. The van der Waals surface area contributed by atoms with Crippen molar-refractivity contribution in [2.24, 2.45) is 12.8 Å². The summed E-state index contributed by atoms with van der Waals surface area (Å²) >= 11 is 0. The molecule has 0 bridgehead atoms. The number of carbonyl (C=O) groups excluding carboxylic acids is 1. The molecule has 4 heteroatoms. The number of nitrogens with zero attached hydrogens (tertiary/aromatic N) is 1. The average Bonchev–Trinajstić information content (AvgIpc) is 3.23. The number of Topliss-reactive ketones (excluding diaryl/α,β-unsaturated/α-hetero) is 1. The number of aliphatic hydroxyl groups excluding tert-OH is 1. The number of ketones is 1. The van der Waals surface area contributed by atoms with Crippen molar-refractivity contribution in [3.63, 3.8) is 0 Å². The molecule has 2 atom stereocenters. The number of hydrogen-bond donors (Lipinski definition) is 2. The lowest BCUT2D eigenvalue weighted by Gasteiger charge is -2.21. The molecule has 0 saturated heterocycles. The largest absolute Gasteiger partial charge is 0.394 e. The number of hydrogen-bond acceptors (Lipinski definition) is 3. The van der Waals surface area contributed by atoms with Crippen molar-refractivity contribution in [1.82, 2.24) is 4.57 Å². The molecule has 0 amide bonds. The first-order chi connectivity index (χ1) is 12.9. The molecule has 1 heterocycles. The maximum absolute atomic E-state index is 12.6. The molecular formula is C23H32N2O2. The van der Waals surface area contributed by atoms with Gasteiger partial charge >= 0.3 is 0 Å². The summed E-state index contributed by atoms with van der Waals surface area (Å²) < 4.78 is 2.04. The zero-order valence-electron chi connectivity index (χ0n) is 16.6. The first-order valence-corrected chi connectivity index (χ1v) is 10.1. The van der Waals surface area contributed by atoms with E-state index >= 15 is 0 Å². The lowest BCUT2D eigenvalue weighted by Crippen LogP contribution is -2.40. The Morgan fingerprint density at radius 3 is 2.63 bits per heavy atom. The van der Waals surface area contributed by atoms with Gasteiger partial charge in [0.1, 0.15) is 0 Å². The molecule has 1 saturated carbocycles. The fourth-order valence-electron chi connectivity index (χ4n) is 4.27. The van der Waals surface area contributed by atoms with Gasteiger partial charge in [0.05, 0.1) is 12.3 Å². The van der Waals surface area contributed by atoms with Gasteiger partial charge in [0.15, 0.2) is 5.78 Å². The summed E-state index contributed by atoms with van der Waals surface area (Å²) in [4.78, 5) is 12.6. The van der Waals surface area contributed by atoms with Crippen molar-refractivity contribution < 1.29 is 9.90 Å². The zero-order valence-corrected chi connectivity index (χ0v) is 16.6. The monoisotopic (exact) mass is 368 g/mol. The number of unbranched alkanes of at least 4 members (excludes halogenated alkanes) is 1. The van der Waals surface area contributed by atoms with E-state index in [1.54, 1.807) is 0 Å². The van der Waals surface area contributed by atoms with Gasteiger partial charge in [-0.25, -0.2) is 0 Å². The van der Waals surface area contributed by atoms with Crippen LogP contribution in [0.15, 0.2) is 36.4 Å². The van der Waals surface area contributed by atoms with Crippen LogP contribution in [0.4, 0.5) is 0 Å². The first-order valence-electron chi connectivity index (χ1n) is 10.1. The van der Waals surface area contributed by atoms with Crippen LogP contribution in [0.1, 0.15) is 71.8 Å². The fraction of sp³-hybridized carbons (Fsp3) is 0.522. The Morgan fingerprint density at radius 2 is 1.96 bits per heavy atom. The number of benzene rings is 1. The van der Waals surface area contributed by atoms with Crippen molar-refractivity contribution in [3.8, 4) is 0 Å². The van der Waals surface area contributed by atoms with Crippen molar-refractivity contribution in [3.05, 3.63) is 58.9 Å². The number of carbonyl (C=O) groups is 1. The molecule has 0 aliphatic heterocycles. The number of nitrogens with two attached hydrogens (primary N) is 1. The molecule has 3 N–H and O–H groups in total. The van der Waals surface area contributed by atoms with Gasteiger partial charge in [-0.1, -0.05) is 29.8 Å². The lowest BCUT2D eigenvalue weighted by molar-refractivity contribution is 0.0971. The molecule has 1 aromatic carbocycles. The molecule has 1 aromatic heterocycles. The van der Waals surface area contributed by atoms with Crippen LogP contribution < -0.4 is 5.73 Å². The van der Waals surface area contributed by atoms with E-state index in [2.05, 4.69) is 37.3 Å². The van der Waals surface area contributed by atoms with Crippen LogP contribution in [0.3, 0.4) is 0 Å². The molecule has 1 fully saturated rings. The molecular weight excluding hydrogens is 336 g/mol. The highest BCUT2D eigenvalue weighted by Gasteiger charge is 2.37. The van der Waals surface area contributed by atoms with Gasteiger partial charge in [0.25, 0.3) is 0 Å². The molecule has 2 aromatic rings. The van der Waals surface area contributed by atoms with E-state index < -0.39 is 5.54 Å². The minimum Gasteiger partial charge on any atom is -0.394 e. The Balaban J connectivity index is 1.52. The summed E-state index contributed by atoms with van der Waals surface area (Å²) in [6, 6.07) is 12.6. The van der Waals surface area contributed by atoms with Crippen LogP contribution in [-0.4, -0.2) is 27.6 Å². The maximum Gasteiger partial charge on any atom is 0.179 e. The smallest absolute Gasteiger partial charge is 0.179 e. The summed E-state index contributed by atoms with van der Waals surface area (Å²) in [5.74, 6) is 0.544. The molecule has 27 heavy (non-hydrogen) atoms. The molecule has 1 aliphatic carbocycles. The van der Waals surface area contributed by atoms with Gasteiger partial charge in [-0.05, 0) is 63.1 Å². The van der Waals surface area contributed by atoms with Crippen LogP contribution in [0.25, 0.3) is 0 Å². The summed E-state index contributed by atoms with van der Waals surface area (Å²) in [6.07, 6.45) is 6.14. The molecule has 3 rings (SSSR count). The predicted octanol–water partition coefficient (Wildman–Crippen LogP) is 3.89. The van der Waals surface area contributed by atoms with Crippen LogP contribution in [-0.2, 0) is 13.5 Å². The minimum atomic E-state index is -0.463. The first kappa shape index (κ1) is 19.8. The molecule has 146 valence electrons. The third-order valence-electron chi connectivity index (χ3n) is 6.06. The van der Waals surface area contributed by atoms with Crippen LogP contribution >= 0.6 is 0 Å². The molecule has 0 spiro atoms. The standard InChI is InChI=1S/C23H32N2O2/c1-17-7-9-18(10-8-17)5-3-4-6-22(27)21-12-11-20(25(21)2)19-13-14-23(24,15-19)16-26/h7-12,19,26H,3-6,13-16,24H2,1-2H3. The highest BCUT2D eigenvalue weighted by atomic mass is 16.3. The Bertz CT molecular complexity index is 778. The Labute approximate surface area is 162 Å². The number of aromatic nitrogens is 1. The Hall–Kier alpha value is -1.91. The van der Waals surface area contributed by atoms with Crippen LogP contribution in [0, 0.1) is 6.92 Å². The van der Waals surface area contributed by atoms with E-state index in [1.807, 2.05) is 17.7 Å². The Kier molecular flexibility index (Phi) is 6.18. The molecule has 0 radical (unpaired) electrons. The predicted molar refractivity (Wildman–Crippen MR) is 109 cm³/mol. The fourth-order valence-corrected chi connectivity index (χ4v) is 4.27. The van der Waals surface area contributed by atoms with Gasteiger partial charge in [0.2, 0.25) is 0 Å². The van der Waals surface area contributed by atoms with E-state index in [4.69, 9.17) is 5.73 Å². The van der Waals surface area contributed by atoms with Crippen LogP contribution in [0.5, 0.6) is 0 Å². The summed E-state index contributed by atoms with van der Waals surface area (Å²) in [5.41, 5.74) is 10.3. The quantitative estimate of drug-likeness (QED) is 0.549. The van der Waals surface area contributed by atoms with Crippen molar-refractivity contribution in [2.75, 3.05) is 6.61 Å². The number of rotatable bonds is 8. The average molecular weight is 369 g/mol. The highest BCUT2D eigenvalue weighted by molar-refractivity contribution is 5.94. The van der Waals surface area contributed by atoms with E-state index in [-0.39, 0.29) is 12.4 Å². The topological polar surface area (TPSA) is 68.2 Å². The van der Waals surface area contributed by atoms with Gasteiger partial charge in [0, 0.05) is 30.6 Å². The van der Waals surface area contributed by atoms with Gasteiger partial charge in [-0.3, -0.25) is 4.79 Å². The van der Waals surface area contributed by atoms with Crippen LogP contribution in [0.2, 0.25) is 0 Å². The normalized spacial score (nSPS) is 22.3. The Morgan fingerprint density at radius 1 is 1.22 bits per heavy atom. The van der Waals surface area contributed by atoms with Gasteiger partial charge < -0.3 is 15.4 Å². The van der Waals surface area contributed by atoms with Gasteiger partial charge in [-0.15, -0.1) is 0 Å². The van der Waals surface area contributed by atoms with Crippen molar-refractivity contribution in [1.29, 1.82) is 0 Å².